The minimum Gasteiger partial charge on any atom is -0.477 e. The second kappa shape index (κ2) is 9.57. The van der Waals surface area contributed by atoms with Crippen molar-refractivity contribution < 1.29 is 14.3 Å². The Morgan fingerprint density at radius 1 is 1.17 bits per heavy atom. The predicted molar refractivity (Wildman–Crippen MR) is 111 cm³/mol. The minimum atomic E-state index is -1.26. The maximum Gasteiger partial charge on any atom is 0.254 e. The number of anilines is 1. The first-order chi connectivity index (χ1) is 13.9. The highest BCUT2D eigenvalue weighted by Gasteiger charge is 2.19. The van der Waals surface area contributed by atoms with Crippen LogP contribution in [0.2, 0.25) is 25.7 Å². The fraction of sp³-hybridized carbons (Fsp3) is 0.421. The van der Waals surface area contributed by atoms with Crippen LogP contribution in [0, 0.1) is 0 Å². The summed E-state index contributed by atoms with van der Waals surface area (Å²) >= 11 is 0. The molecule has 3 aromatic rings. The van der Waals surface area contributed by atoms with Crippen LogP contribution in [0.4, 0.5) is 5.95 Å². The Kier molecular flexibility index (Phi) is 6.89. The van der Waals surface area contributed by atoms with Crippen molar-refractivity contribution in [2.24, 2.45) is 0 Å². The molecule has 0 aliphatic heterocycles. The minimum absolute atomic E-state index is 0.132. The van der Waals surface area contributed by atoms with E-state index in [2.05, 4.69) is 50.1 Å². The summed E-state index contributed by atoms with van der Waals surface area (Å²) in [5, 5.41) is 20.1. The van der Waals surface area contributed by atoms with Gasteiger partial charge in [-0.1, -0.05) is 19.6 Å². The molecule has 0 saturated heterocycles. The molecule has 0 atom stereocenters. The van der Waals surface area contributed by atoms with E-state index in [1.54, 1.807) is 18.6 Å². The third-order valence-corrected chi connectivity index (χ3v) is 5.83. The number of rotatable bonds is 10. The van der Waals surface area contributed by atoms with E-state index < -0.39 is 8.07 Å². The number of aliphatic hydroxyl groups excluding tert-OH is 1. The number of aromatic nitrogens is 5. The first kappa shape index (κ1) is 20.9. The first-order valence-electron chi connectivity index (χ1n) is 9.51. The van der Waals surface area contributed by atoms with Gasteiger partial charge in [0.15, 0.2) is 0 Å². The van der Waals surface area contributed by atoms with Crippen molar-refractivity contribution >= 4 is 14.0 Å². The zero-order valence-electron chi connectivity index (χ0n) is 16.9. The third-order valence-electron chi connectivity index (χ3n) is 4.12. The Morgan fingerprint density at radius 3 is 2.66 bits per heavy atom. The van der Waals surface area contributed by atoms with E-state index in [1.165, 1.54) is 5.56 Å². The van der Waals surface area contributed by atoms with Gasteiger partial charge in [-0.25, -0.2) is 4.98 Å². The number of nitrogens with zero attached hydrogens (tertiary/aromatic N) is 5. The number of hydrogen-bond donors (Lipinski definition) is 2. The monoisotopic (exact) mass is 414 g/mol. The highest BCUT2D eigenvalue weighted by atomic mass is 28.3. The molecule has 10 heteroatoms. The Bertz CT molecular complexity index is 914. The molecule has 3 heterocycles. The van der Waals surface area contributed by atoms with Crippen LogP contribution in [0.3, 0.4) is 0 Å². The molecule has 0 aromatic carbocycles. The number of pyridine rings is 1. The molecular formula is C19H26N6O3Si. The van der Waals surface area contributed by atoms with E-state index in [1.807, 2.05) is 12.1 Å². The molecule has 2 N–H and O–H groups in total. The molecule has 29 heavy (non-hydrogen) atoms. The summed E-state index contributed by atoms with van der Waals surface area (Å²) < 4.78 is 11.4. The molecule has 0 aliphatic carbocycles. The van der Waals surface area contributed by atoms with Crippen LogP contribution in [0.15, 0.2) is 35.1 Å². The standard InChI is InChI=1S/C19H26N6O3Si/c1-29(2,3)11-10-27-17-15(18-25-24-16(13-26)28-18)12-22-19(23-17)21-9-6-14-4-7-20-8-5-14/h4-5,7-8,12,26H,6,9-11,13H2,1-3H3,(H,21,22,23). The Hall–Kier alpha value is -2.85. The molecule has 3 aromatic heterocycles. The molecule has 0 fully saturated rings. The van der Waals surface area contributed by atoms with E-state index in [4.69, 9.17) is 14.3 Å². The molecule has 0 bridgehead atoms. The van der Waals surface area contributed by atoms with Crippen molar-refractivity contribution in [2.75, 3.05) is 18.5 Å². The highest BCUT2D eigenvalue weighted by Crippen LogP contribution is 2.28. The maximum atomic E-state index is 9.17. The van der Waals surface area contributed by atoms with E-state index in [9.17, 15) is 0 Å². The van der Waals surface area contributed by atoms with Gasteiger partial charge in [-0.2, -0.15) is 4.98 Å². The number of aliphatic hydroxyl groups is 1. The average Bonchev–Trinajstić information content (AvgIpc) is 3.17. The lowest BCUT2D eigenvalue weighted by Gasteiger charge is -2.16. The molecule has 0 amide bonds. The van der Waals surface area contributed by atoms with Gasteiger partial charge in [0, 0.05) is 33.2 Å². The molecule has 0 unspecified atom stereocenters. The second-order valence-electron chi connectivity index (χ2n) is 7.76. The van der Waals surface area contributed by atoms with Gasteiger partial charge in [0.1, 0.15) is 12.2 Å². The van der Waals surface area contributed by atoms with Gasteiger partial charge in [-0.3, -0.25) is 4.98 Å². The molecule has 0 saturated carbocycles. The van der Waals surface area contributed by atoms with Crippen LogP contribution >= 0.6 is 0 Å². The zero-order valence-corrected chi connectivity index (χ0v) is 17.9. The van der Waals surface area contributed by atoms with Crippen molar-refractivity contribution in [2.45, 2.75) is 38.7 Å². The van der Waals surface area contributed by atoms with Gasteiger partial charge in [-0.05, 0) is 30.2 Å². The molecule has 0 radical (unpaired) electrons. The van der Waals surface area contributed by atoms with Crippen molar-refractivity contribution in [3.05, 3.63) is 42.2 Å². The quantitative estimate of drug-likeness (QED) is 0.483. The molecule has 0 aliphatic rings. The topological polar surface area (TPSA) is 119 Å². The lowest BCUT2D eigenvalue weighted by molar-refractivity contribution is 0.241. The van der Waals surface area contributed by atoms with Crippen molar-refractivity contribution in [3.63, 3.8) is 0 Å². The normalized spacial score (nSPS) is 11.4. The Balaban J connectivity index is 1.73. The molecule has 0 spiro atoms. The van der Waals surface area contributed by atoms with Crippen molar-refractivity contribution in [1.82, 2.24) is 25.1 Å². The summed E-state index contributed by atoms with van der Waals surface area (Å²) in [4.78, 5) is 12.9. The predicted octanol–water partition coefficient (Wildman–Crippen LogP) is 2.79. The van der Waals surface area contributed by atoms with E-state index in [0.29, 0.717) is 30.5 Å². The number of nitrogens with one attached hydrogen (secondary N) is 1. The molecule has 9 nitrogen and oxygen atoms in total. The van der Waals surface area contributed by atoms with Crippen molar-refractivity contribution in [3.8, 4) is 17.3 Å². The fourth-order valence-corrected chi connectivity index (χ4v) is 3.17. The van der Waals surface area contributed by atoms with Crippen LogP contribution in [0.5, 0.6) is 5.88 Å². The highest BCUT2D eigenvalue weighted by molar-refractivity contribution is 6.76. The first-order valence-corrected chi connectivity index (χ1v) is 13.2. The van der Waals surface area contributed by atoms with Crippen LogP contribution in [0.1, 0.15) is 11.5 Å². The van der Waals surface area contributed by atoms with Gasteiger partial charge >= 0.3 is 0 Å². The molecule has 3 rings (SSSR count). The lowest BCUT2D eigenvalue weighted by Crippen LogP contribution is -2.22. The fourth-order valence-electron chi connectivity index (χ4n) is 2.46. The Labute approximate surface area is 170 Å². The van der Waals surface area contributed by atoms with Gasteiger partial charge in [0.05, 0.1) is 6.61 Å². The van der Waals surface area contributed by atoms with Gasteiger partial charge in [0.2, 0.25) is 17.7 Å². The summed E-state index contributed by atoms with van der Waals surface area (Å²) in [5.74, 6) is 1.21. The van der Waals surface area contributed by atoms with E-state index in [-0.39, 0.29) is 18.4 Å². The van der Waals surface area contributed by atoms with Crippen LogP contribution in [0.25, 0.3) is 11.5 Å². The summed E-state index contributed by atoms with van der Waals surface area (Å²) in [6, 6.07) is 4.95. The summed E-state index contributed by atoms with van der Waals surface area (Å²) in [5.41, 5.74) is 1.69. The molecular weight excluding hydrogens is 388 g/mol. The van der Waals surface area contributed by atoms with Gasteiger partial charge < -0.3 is 19.6 Å². The number of hydrogen-bond acceptors (Lipinski definition) is 9. The lowest BCUT2D eigenvalue weighted by atomic mass is 10.2. The van der Waals surface area contributed by atoms with Crippen LogP contribution in [-0.4, -0.2) is 51.5 Å². The zero-order chi connectivity index (χ0) is 20.7. The number of ether oxygens (including phenoxy) is 1. The van der Waals surface area contributed by atoms with Crippen LogP contribution < -0.4 is 10.1 Å². The van der Waals surface area contributed by atoms with Crippen LogP contribution in [-0.2, 0) is 13.0 Å². The Morgan fingerprint density at radius 2 is 1.97 bits per heavy atom. The van der Waals surface area contributed by atoms with Gasteiger partial charge in [-0.15, -0.1) is 10.2 Å². The summed E-state index contributed by atoms with van der Waals surface area (Å²) in [7, 11) is -1.26. The average molecular weight is 415 g/mol. The second-order valence-corrected chi connectivity index (χ2v) is 13.4. The van der Waals surface area contributed by atoms with E-state index >= 15 is 0 Å². The summed E-state index contributed by atoms with van der Waals surface area (Å²) in [6.45, 7) is 7.76. The van der Waals surface area contributed by atoms with Gasteiger partial charge in [0.25, 0.3) is 5.89 Å². The maximum absolute atomic E-state index is 9.17. The SMILES string of the molecule is C[Si](C)(C)CCOc1nc(NCCc2ccncc2)ncc1-c1nnc(CO)o1. The smallest absolute Gasteiger partial charge is 0.254 e. The third kappa shape index (κ3) is 6.33. The van der Waals surface area contributed by atoms with Crippen molar-refractivity contribution in [1.29, 1.82) is 0 Å². The van der Waals surface area contributed by atoms with E-state index in [0.717, 1.165) is 12.5 Å². The summed E-state index contributed by atoms with van der Waals surface area (Å²) in [6.07, 6.45) is 5.97. The largest absolute Gasteiger partial charge is 0.477 e. The molecule has 154 valence electrons.